The Balaban J connectivity index is 1.91. The smallest absolute Gasteiger partial charge is 0.0471 e. The van der Waals surface area contributed by atoms with Crippen molar-refractivity contribution in [1.29, 1.82) is 0 Å². The summed E-state index contributed by atoms with van der Waals surface area (Å²) in [7, 11) is 0. The molecule has 2 rings (SSSR count). The molecule has 0 saturated heterocycles. The van der Waals surface area contributed by atoms with Gasteiger partial charge >= 0.3 is 0 Å². The number of nitrogens with one attached hydrogen (secondary N) is 1. The Morgan fingerprint density at radius 1 is 1.24 bits per heavy atom. The summed E-state index contributed by atoms with van der Waals surface area (Å²) < 4.78 is 0. The van der Waals surface area contributed by atoms with Crippen LogP contribution in [0.5, 0.6) is 0 Å². The number of hydrogen-bond acceptors (Lipinski definition) is 2. The first-order valence-corrected chi connectivity index (χ1v) is 6.65. The van der Waals surface area contributed by atoms with Crippen LogP contribution in [-0.2, 0) is 19.4 Å². The molecule has 0 radical (unpaired) electrons. The number of aliphatic hydroxyl groups excluding tert-OH is 1. The molecule has 2 atom stereocenters. The molecule has 0 heterocycles. The van der Waals surface area contributed by atoms with E-state index in [1.165, 1.54) is 36.0 Å². The Bertz CT molecular complexity index is 375. The van der Waals surface area contributed by atoms with Gasteiger partial charge in [-0.2, -0.15) is 0 Å². The molecule has 0 amide bonds. The highest BCUT2D eigenvalue weighted by molar-refractivity contribution is 5.35. The summed E-state index contributed by atoms with van der Waals surface area (Å²) in [5.74, 6) is 0.310. The fourth-order valence-corrected chi connectivity index (χ4v) is 2.37. The Labute approximate surface area is 104 Å². The molecular formula is C15H23NO. The lowest BCUT2D eigenvalue weighted by Gasteiger charge is -2.19. The monoisotopic (exact) mass is 233 g/mol. The molecule has 2 N–H and O–H groups in total. The quantitative estimate of drug-likeness (QED) is 0.818. The third kappa shape index (κ3) is 3.08. The van der Waals surface area contributed by atoms with Crippen molar-refractivity contribution in [2.75, 3.05) is 6.61 Å². The molecule has 2 nitrogen and oxygen atoms in total. The minimum Gasteiger partial charge on any atom is -0.396 e. The van der Waals surface area contributed by atoms with Crippen molar-refractivity contribution >= 4 is 0 Å². The zero-order valence-corrected chi connectivity index (χ0v) is 10.9. The molecule has 2 unspecified atom stereocenters. The molecule has 0 aliphatic heterocycles. The Hall–Kier alpha value is -0.860. The third-order valence-electron chi connectivity index (χ3n) is 3.93. The minimum atomic E-state index is 0.248. The van der Waals surface area contributed by atoms with Crippen LogP contribution in [0.15, 0.2) is 18.2 Å². The van der Waals surface area contributed by atoms with Crippen LogP contribution in [0.4, 0.5) is 0 Å². The lowest BCUT2D eigenvalue weighted by Crippen LogP contribution is -2.33. The van der Waals surface area contributed by atoms with E-state index in [4.69, 9.17) is 5.11 Å². The van der Waals surface area contributed by atoms with Crippen molar-refractivity contribution in [1.82, 2.24) is 5.32 Å². The third-order valence-corrected chi connectivity index (χ3v) is 3.93. The van der Waals surface area contributed by atoms with Crippen molar-refractivity contribution in [2.45, 2.75) is 45.7 Å². The maximum absolute atomic E-state index is 9.09. The van der Waals surface area contributed by atoms with E-state index >= 15 is 0 Å². The van der Waals surface area contributed by atoms with Gasteiger partial charge in [0.15, 0.2) is 0 Å². The van der Waals surface area contributed by atoms with Crippen molar-refractivity contribution < 1.29 is 5.11 Å². The number of aryl methyl sites for hydroxylation is 2. The summed E-state index contributed by atoms with van der Waals surface area (Å²) in [4.78, 5) is 0. The van der Waals surface area contributed by atoms with E-state index in [0.717, 1.165) is 6.54 Å². The highest BCUT2D eigenvalue weighted by Crippen LogP contribution is 2.22. The first kappa shape index (κ1) is 12.6. The van der Waals surface area contributed by atoms with Crippen LogP contribution < -0.4 is 5.32 Å². The van der Waals surface area contributed by atoms with Gasteiger partial charge in [-0.15, -0.1) is 0 Å². The topological polar surface area (TPSA) is 32.3 Å². The summed E-state index contributed by atoms with van der Waals surface area (Å²) in [5.41, 5.74) is 4.43. The van der Waals surface area contributed by atoms with E-state index < -0.39 is 0 Å². The molecule has 0 saturated carbocycles. The van der Waals surface area contributed by atoms with Crippen LogP contribution in [0.2, 0.25) is 0 Å². The SMILES string of the molecule is CC(CO)C(C)NCc1ccc2c(c1)CCC2. The first-order valence-electron chi connectivity index (χ1n) is 6.65. The Morgan fingerprint density at radius 2 is 2.00 bits per heavy atom. The second-order valence-electron chi connectivity index (χ2n) is 5.29. The zero-order chi connectivity index (χ0) is 12.3. The van der Waals surface area contributed by atoms with Gasteiger partial charge < -0.3 is 10.4 Å². The van der Waals surface area contributed by atoms with Crippen molar-refractivity contribution in [3.05, 3.63) is 34.9 Å². The summed E-state index contributed by atoms with van der Waals surface area (Å²) in [5, 5.41) is 12.6. The highest BCUT2D eigenvalue weighted by atomic mass is 16.3. The van der Waals surface area contributed by atoms with Gasteiger partial charge in [0, 0.05) is 19.2 Å². The maximum atomic E-state index is 9.09. The summed E-state index contributed by atoms with van der Waals surface area (Å²) in [6, 6.07) is 7.20. The van der Waals surface area contributed by atoms with Gasteiger partial charge in [0.1, 0.15) is 0 Å². The van der Waals surface area contributed by atoms with Crippen LogP contribution in [0.1, 0.15) is 37.0 Å². The first-order chi connectivity index (χ1) is 8.20. The summed E-state index contributed by atoms with van der Waals surface area (Å²) in [6.07, 6.45) is 3.80. The van der Waals surface area contributed by atoms with E-state index in [1.807, 2.05) is 0 Å². The molecule has 0 spiro atoms. The summed E-state index contributed by atoms with van der Waals surface area (Å²) >= 11 is 0. The molecule has 0 fully saturated rings. The van der Waals surface area contributed by atoms with Crippen LogP contribution in [0.3, 0.4) is 0 Å². The normalized spacial score (nSPS) is 17.8. The average Bonchev–Trinajstić information content (AvgIpc) is 2.82. The molecule has 1 aromatic carbocycles. The molecule has 17 heavy (non-hydrogen) atoms. The van der Waals surface area contributed by atoms with Crippen molar-refractivity contribution in [3.63, 3.8) is 0 Å². The highest BCUT2D eigenvalue weighted by Gasteiger charge is 2.12. The average molecular weight is 233 g/mol. The number of hydrogen-bond donors (Lipinski definition) is 2. The second kappa shape index (κ2) is 5.65. The Morgan fingerprint density at radius 3 is 2.76 bits per heavy atom. The van der Waals surface area contributed by atoms with Gasteiger partial charge in [0.2, 0.25) is 0 Å². The van der Waals surface area contributed by atoms with Gasteiger partial charge in [-0.1, -0.05) is 25.1 Å². The lowest BCUT2D eigenvalue weighted by atomic mass is 10.0. The molecule has 94 valence electrons. The molecule has 1 aliphatic rings. The van der Waals surface area contributed by atoms with E-state index in [0.29, 0.717) is 12.0 Å². The molecule has 0 aromatic heterocycles. The number of aliphatic hydroxyl groups is 1. The fraction of sp³-hybridized carbons (Fsp3) is 0.600. The molecule has 2 heteroatoms. The molecular weight excluding hydrogens is 210 g/mol. The van der Waals surface area contributed by atoms with Crippen LogP contribution in [-0.4, -0.2) is 17.8 Å². The van der Waals surface area contributed by atoms with E-state index in [9.17, 15) is 0 Å². The van der Waals surface area contributed by atoms with Crippen LogP contribution in [0.25, 0.3) is 0 Å². The van der Waals surface area contributed by atoms with E-state index in [-0.39, 0.29) is 6.61 Å². The second-order valence-corrected chi connectivity index (χ2v) is 5.29. The van der Waals surface area contributed by atoms with Gasteiger partial charge in [-0.05, 0) is 48.8 Å². The Kier molecular flexibility index (Phi) is 4.19. The van der Waals surface area contributed by atoms with E-state index in [1.54, 1.807) is 0 Å². The molecule has 1 aliphatic carbocycles. The molecule has 0 bridgehead atoms. The van der Waals surface area contributed by atoms with Gasteiger partial charge in [-0.25, -0.2) is 0 Å². The number of rotatable bonds is 5. The van der Waals surface area contributed by atoms with Crippen molar-refractivity contribution in [3.8, 4) is 0 Å². The number of benzene rings is 1. The van der Waals surface area contributed by atoms with E-state index in [2.05, 4.69) is 37.4 Å². The lowest BCUT2D eigenvalue weighted by molar-refractivity contribution is 0.207. The fourth-order valence-electron chi connectivity index (χ4n) is 2.37. The minimum absolute atomic E-state index is 0.248. The maximum Gasteiger partial charge on any atom is 0.0471 e. The predicted molar refractivity (Wildman–Crippen MR) is 71.0 cm³/mol. The predicted octanol–water partition coefficient (Wildman–Crippen LogP) is 2.28. The van der Waals surface area contributed by atoms with Crippen LogP contribution >= 0.6 is 0 Å². The van der Waals surface area contributed by atoms with Gasteiger partial charge in [0.05, 0.1) is 0 Å². The summed E-state index contributed by atoms with van der Waals surface area (Å²) in [6.45, 7) is 5.35. The van der Waals surface area contributed by atoms with Crippen LogP contribution in [0, 0.1) is 5.92 Å². The van der Waals surface area contributed by atoms with Gasteiger partial charge in [0.25, 0.3) is 0 Å². The largest absolute Gasteiger partial charge is 0.396 e. The standard InChI is InChI=1S/C15H23NO/c1-11(10-17)12(2)16-9-13-6-7-14-4-3-5-15(14)8-13/h6-8,11-12,16-17H,3-5,9-10H2,1-2H3. The van der Waals surface area contributed by atoms with Gasteiger partial charge in [-0.3, -0.25) is 0 Å². The molecule has 1 aromatic rings. The van der Waals surface area contributed by atoms with Crippen molar-refractivity contribution in [2.24, 2.45) is 5.92 Å². The zero-order valence-electron chi connectivity index (χ0n) is 10.9. The number of fused-ring (bicyclic) bond motifs is 1.